The van der Waals surface area contributed by atoms with Gasteiger partial charge in [-0.1, -0.05) is 75.1 Å². The lowest BCUT2D eigenvalue weighted by Gasteiger charge is -2.54. The molecule has 0 bridgehead atoms. The van der Waals surface area contributed by atoms with Crippen molar-refractivity contribution >= 4 is 11.9 Å². The number of nitrogens with zero attached hydrogens (tertiary/aromatic N) is 1. The van der Waals surface area contributed by atoms with Gasteiger partial charge in [0.25, 0.3) is 0 Å². The van der Waals surface area contributed by atoms with Crippen molar-refractivity contribution < 1.29 is 23.8 Å². The van der Waals surface area contributed by atoms with Gasteiger partial charge in [-0.15, -0.1) is 0 Å². The van der Waals surface area contributed by atoms with Gasteiger partial charge in [0.1, 0.15) is 5.75 Å². The van der Waals surface area contributed by atoms with Crippen molar-refractivity contribution in [1.82, 2.24) is 4.90 Å². The Labute approximate surface area is 202 Å². The number of fused-ring (bicyclic) bond motifs is 1. The van der Waals surface area contributed by atoms with E-state index in [4.69, 9.17) is 14.2 Å². The molecule has 1 unspecified atom stereocenters. The number of unbranched alkanes of at least 4 members (excludes halogenated alkanes) is 3. The first kappa shape index (κ1) is 24.3. The molecule has 2 aliphatic rings. The molecule has 2 heterocycles. The van der Waals surface area contributed by atoms with Crippen LogP contribution in [-0.4, -0.2) is 41.6 Å². The molecule has 2 aromatic carbocycles. The van der Waals surface area contributed by atoms with Crippen molar-refractivity contribution in [3.8, 4) is 5.75 Å². The number of esters is 1. The molecule has 3 atom stereocenters. The van der Waals surface area contributed by atoms with E-state index in [0.717, 1.165) is 42.6 Å². The second kappa shape index (κ2) is 10.2. The van der Waals surface area contributed by atoms with E-state index in [0.29, 0.717) is 19.6 Å². The number of ether oxygens (including phenoxy) is 3. The topological polar surface area (TPSA) is 65.1 Å². The third-order valence-corrected chi connectivity index (χ3v) is 7.42. The fourth-order valence-electron chi connectivity index (χ4n) is 5.34. The van der Waals surface area contributed by atoms with E-state index in [1.165, 1.54) is 0 Å². The lowest BCUT2D eigenvalue weighted by molar-refractivity contribution is -0.243. The number of likely N-dealkylation sites (tertiary alicyclic amines) is 1. The summed E-state index contributed by atoms with van der Waals surface area (Å²) >= 11 is 0. The van der Waals surface area contributed by atoms with Crippen LogP contribution in [0, 0.1) is 5.92 Å². The Morgan fingerprint density at radius 1 is 0.971 bits per heavy atom. The molecular weight excluding hydrogens is 430 g/mol. The highest BCUT2D eigenvalue weighted by molar-refractivity contribution is 6.01. The van der Waals surface area contributed by atoms with Crippen molar-refractivity contribution in [1.29, 1.82) is 0 Å². The maximum Gasteiger partial charge on any atom is 0.339 e. The van der Waals surface area contributed by atoms with Crippen LogP contribution in [-0.2, 0) is 32.2 Å². The molecule has 2 aromatic rings. The molecule has 0 radical (unpaired) electrons. The highest BCUT2D eigenvalue weighted by atomic mass is 16.6. The van der Waals surface area contributed by atoms with Gasteiger partial charge in [-0.2, -0.15) is 0 Å². The van der Waals surface area contributed by atoms with Crippen molar-refractivity contribution in [3.63, 3.8) is 0 Å². The fraction of sp³-hybridized carbons (Fsp3) is 0.500. The Bertz CT molecular complexity index is 992. The Hall–Kier alpha value is -2.86. The van der Waals surface area contributed by atoms with Gasteiger partial charge in [-0.3, -0.25) is 4.79 Å². The normalized spacial score (nSPS) is 25.6. The van der Waals surface area contributed by atoms with E-state index in [1.807, 2.05) is 61.5 Å². The lowest BCUT2D eigenvalue weighted by Crippen LogP contribution is -2.76. The van der Waals surface area contributed by atoms with Crippen molar-refractivity contribution in [3.05, 3.63) is 65.7 Å². The minimum Gasteiger partial charge on any atom is -0.497 e. The average Bonchev–Trinajstić information content (AvgIpc) is 2.98. The first-order chi connectivity index (χ1) is 16.5. The van der Waals surface area contributed by atoms with Crippen LogP contribution >= 0.6 is 0 Å². The molecule has 0 saturated carbocycles. The Morgan fingerprint density at radius 3 is 2.35 bits per heavy atom. The zero-order valence-electron chi connectivity index (χ0n) is 20.4. The molecule has 0 aromatic heterocycles. The number of amides is 1. The molecule has 1 amide bonds. The molecule has 182 valence electrons. The minimum atomic E-state index is -1.12. The van der Waals surface area contributed by atoms with Crippen LogP contribution in [0.1, 0.15) is 57.1 Å². The summed E-state index contributed by atoms with van der Waals surface area (Å²) in [6, 6.07) is 17.5. The van der Waals surface area contributed by atoms with E-state index in [1.54, 1.807) is 12.0 Å². The number of benzene rings is 2. The zero-order valence-corrected chi connectivity index (χ0v) is 20.4. The second-order valence-corrected chi connectivity index (χ2v) is 9.51. The van der Waals surface area contributed by atoms with Crippen LogP contribution < -0.4 is 4.74 Å². The molecular formula is C28H35NO5. The summed E-state index contributed by atoms with van der Waals surface area (Å²) in [5.74, 6) is -0.00955. The molecule has 6 nitrogen and oxygen atoms in total. The standard InChI is InChI=1S/C28H35NO5/c1-4-5-6-10-13-24-25(30)29(18-21-14-16-23(32-3)17-15-21)28(26(31)34-27(24,28)2)20-33-19-22-11-8-7-9-12-22/h7-9,11-12,14-17,24H,4-6,10,13,18-20H2,1-3H3/t24-,27+,28?/m1/s1. The van der Waals surface area contributed by atoms with Crippen LogP contribution in [0.4, 0.5) is 0 Å². The number of methoxy groups -OCH3 is 1. The van der Waals surface area contributed by atoms with Gasteiger partial charge in [-0.25, -0.2) is 4.79 Å². The van der Waals surface area contributed by atoms with Gasteiger partial charge in [-0.05, 0) is 36.6 Å². The quantitative estimate of drug-likeness (QED) is 0.330. The summed E-state index contributed by atoms with van der Waals surface area (Å²) in [6.07, 6.45) is 4.99. The fourth-order valence-corrected chi connectivity index (χ4v) is 5.34. The molecule has 2 aliphatic heterocycles. The summed E-state index contributed by atoms with van der Waals surface area (Å²) in [5, 5.41) is 0. The number of carbonyl (C=O) groups is 2. The van der Waals surface area contributed by atoms with E-state index < -0.39 is 11.1 Å². The Morgan fingerprint density at radius 2 is 1.71 bits per heavy atom. The van der Waals surface area contributed by atoms with Crippen molar-refractivity contribution in [2.24, 2.45) is 5.92 Å². The predicted molar refractivity (Wildman–Crippen MR) is 129 cm³/mol. The number of hydrogen-bond donors (Lipinski definition) is 0. The van der Waals surface area contributed by atoms with E-state index in [2.05, 4.69) is 6.92 Å². The van der Waals surface area contributed by atoms with Gasteiger partial charge in [0.15, 0.2) is 5.60 Å². The summed E-state index contributed by atoms with van der Waals surface area (Å²) in [7, 11) is 1.62. The highest BCUT2D eigenvalue weighted by Gasteiger charge is 2.79. The predicted octanol–water partition coefficient (Wildman–Crippen LogP) is 4.90. The Balaban J connectivity index is 1.59. The van der Waals surface area contributed by atoms with E-state index >= 15 is 0 Å². The maximum absolute atomic E-state index is 13.8. The van der Waals surface area contributed by atoms with Crippen molar-refractivity contribution in [2.75, 3.05) is 13.7 Å². The Kier molecular flexibility index (Phi) is 7.27. The minimum absolute atomic E-state index is 0.0241. The molecule has 2 fully saturated rings. The van der Waals surface area contributed by atoms with Gasteiger partial charge >= 0.3 is 5.97 Å². The number of hydrogen-bond acceptors (Lipinski definition) is 5. The molecule has 0 spiro atoms. The molecule has 34 heavy (non-hydrogen) atoms. The lowest BCUT2D eigenvalue weighted by atomic mass is 9.70. The summed E-state index contributed by atoms with van der Waals surface area (Å²) in [5.41, 5.74) is -0.0502. The zero-order chi connectivity index (χ0) is 24.2. The number of rotatable bonds is 12. The summed E-state index contributed by atoms with van der Waals surface area (Å²) in [4.78, 5) is 28.6. The third kappa shape index (κ3) is 4.20. The molecule has 0 N–H and O–H groups in total. The van der Waals surface area contributed by atoms with Gasteiger partial charge < -0.3 is 19.1 Å². The average molecular weight is 466 g/mol. The van der Waals surface area contributed by atoms with Gasteiger partial charge in [0, 0.05) is 6.54 Å². The van der Waals surface area contributed by atoms with Crippen LogP contribution in [0.25, 0.3) is 0 Å². The summed E-state index contributed by atoms with van der Waals surface area (Å²) in [6.45, 7) is 4.90. The molecule has 4 rings (SSSR count). The molecule has 6 heteroatoms. The second-order valence-electron chi connectivity index (χ2n) is 9.51. The van der Waals surface area contributed by atoms with Gasteiger partial charge in [0.2, 0.25) is 11.4 Å². The SMILES string of the molecule is CCCCCC[C@@H]1C(=O)N(Cc2ccc(OC)cc2)C2(COCc3ccccc3)C(=O)O[C@@]12C. The highest BCUT2D eigenvalue weighted by Crippen LogP contribution is 2.56. The van der Waals surface area contributed by atoms with Crippen LogP contribution in [0.5, 0.6) is 5.75 Å². The van der Waals surface area contributed by atoms with Crippen LogP contribution in [0.3, 0.4) is 0 Å². The molecule has 0 aliphatic carbocycles. The van der Waals surface area contributed by atoms with Crippen molar-refractivity contribution in [2.45, 2.75) is 70.2 Å². The number of carbonyl (C=O) groups excluding carboxylic acids is 2. The smallest absolute Gasteiger partial charge is 0.339 e. The van der Waals surface area contributed by atoms with Gasteiger partial charge in [0.05, 0.1) is 26.2 Å². The van der Waals surface area contributed by atoms with E-state index in [9.17, 15) is 9.59 Å². The first-order valence-corrected chi connectivity index (χ1v) is 12.3. The monoisotopic (exact) mass is 465 g/mol. The largest absolute Gasteiger partial charge is 0.497 e. The van der Waals surface area contributed by atoms with Crippen LogP contribution in [0.15, 0.2) is 54.6 Å². The molecule has 2 saturated heterocycles. The van der Waals surface area contributed by atoms with Crippen LogP contribution in [0.2, 0.25) is 0 Å². The summed E-state index contributed by atoms with van der Waals surface area (Å²) < 4.78 is 17.2. The first-order valence-electron chi connectivity index (χ1n) is 12.3. The van der Waals surface area contributed by atoms with E-state index in [-0.39, 0.29) is 24.4 Å². The third-order valence-electron chi connectivity index (χ3n) is 7.42. The maximum atomic E-state index is 13.8.